The Labute approximate surface area is 106 Å². The normalized spacial score (nSPS) is 20.0. The predicted octanol–water partition coefficient (Wildman–Crippen LogP) is 0.532. The molecule has 0 aliphatic carbocycles. The van der Waals surface area contributed by atoms with Gasteiger partial charge in [0.1, 0.15) is 6.61 Å². The molecule has 1 heterocycles. The van der Waals surface area contributed by atoms with Crippen molar-refractivity contribution >= 4 is 0 Å². The molecule has 0 spiro atoms. The quantitative estimate of drug-likeness (QED) is 0.714. The Morgan fingerprint density at radius 3 is 2.17 bits per heavy atom. The van der Waals surface area contributed by atoms with Crippen LogP contribution < -0.4 is 5.73 Å². The second-order valence-electron chi connectivity index (χ2n) is 4.49. The molecule has 1 fully saturated rings. The highest BCUT2D eigenvalue weighted by Crippen LogP contribution is 2.14. The summed E-state index contributed by atoms with van der Waals surface area (Å²) in [7, 11) is 0. The maximum absolute atomic E-state index is 11.9. The van der Waals surface area contributed by atoms with Crippen LogP contribution in [0.25, 0.3) is 0 Å². The molecule has 1 rings (SSSR count). The van der Waals surface area contributed by atoms with Crippen LogP contribution in [0.5, 0.6) is 0 Å². The first-order chi connectivity index (χ1) is 8.51. The summed E-state index contributed by atoms with van der Waals surface area (Å²) < 4.78 is 40.2. The SMILES string of the molecule is NCCN1CCCN(CCOCC(F)(F)F)CC1. The topological polar surface area (TPSA) is 41.7 Å². The molecule has 2 N–H and O–H groups in total. The van der Waals surface area contributed by atoms with E-state index in [1.165, 1.54) is 0 Å². The molecule has 0 aromatic carbocycles. The Kier molecular flexibility index (Phi) is 6.91. The van der Waals surface area contributed by atoms with Gasteiger partial charge < -0.3 is 15.4 Å². The fourth-order valence-electron chi connectivity index (χ4n) is 2.04. The summed E-state index contributed by atoms with van der Waals surface area (Å²) in [5.41, 5.74) is 5.50. The zero-order valence-electron chi connectivity index (χ0n) is 10.6. The molecule has 1 aliphatic rings. The van der Waals surface area contributed by atoms with Gasteiger partial charge in [0.25, 0.3) is 0 Å². The maximum atomic E-state index is 11.9. The van der Waals surface area contributed by atoms with Gasteiger partial charge in [-0.2, -0.15) is 13.2 Å². The zero-order chi connectivity index (χ0) is 13.4. The van der Waals surface area contributed by atoms with Crippen LogP contribution in [-0.2, 0) is 4.74 Å². The molecule has 0 amide bonds. The average molecular weight is 269 g/mol. The third-order valence-electron chi connectivity index (χ3n) is 2.94. The van der Waals surface area contributed by atoms with Crippen molar-refractivity contribution in [1.82, 2.24) is 9.80 Å². The van der Waals surface area contributed by atoms with Crippen molar-refractivity contribution in [3.8, 4) is 0 Å². The minimum absolute atomic E-state index is 0.135. The first-order valence-corrected chi connectivity index (χ1v) is 6.30. The van der Waals surface area contributed by atoms with Crippen LogP contribution in [0, 0.1) is 0 Å². The van der Waals surface area contributed by atoms with Crippen molar-refractivity contribution in [1.29, 1.82) is 0 Å². The molecule has 0 aromatic heterocycles. The van der Waals surface area contributed by atoms with Crippen molar-refractivity contribution in [3.05, 3.63) is 0 Å². The molecule has 4 nitrogen and oxygen atoms in total. The van der Waals surface area contributed by atoms with Gasteiger partial charge in [-0.05, 0) is 19.5 Å². The summed E-state index contributed by atoms with van der Waals surface area (Å²) in [6.45, 7) is 4.80. The predicted molar refractivity (Wildman–Crippen MR) is 63.4 cm³/mol. The average Bonchev–Trinajstić information content (AvgIpc) is 2.50. The smallest absolute Gasteiger partial charge is 0.371 e. The largest absolute Gasteiger partial charge is 0.411 e. The lowest BCUT2D eigenvalue weighted by molar-refractivity contribution is -0.174. The first kappa shape index (κ1) is 15.7. The van der Waals surface area contributed by atoms with Crippen LogP contribution in [-0.4, -0.2) is 75.0 Å². The molecule has 0 unspecified atom stereocenters. The van der Waals surface area contributed by atoms with Gasteiger partial charge in [-0.25, -0.2) is 0 Å². The molecule has 18 heavy (non-hydrogen) atoms. The van der Waals surface area contributed by atoms with Crippen molar-refractivity contribution in [2.24, 2.45) is 5.73 Å². The molecule has 7 heteroatoms. The van der Waals surface area contributed by atoms with E-state index in [-0.39, 0.29) is 6.61 Å². The van der Waals surface area contributed by atoms with E-state index in [2.05, 4.69) is 14.5 Å². The van der Waals surface area contributed by atoms with E-state index in [1.54, 1.807) is 0 Å². The fraction of sp³-hybridized carbons (Fsp3) is 1.00. The zero-order valence-corrected chi connectivity index (χ0v) is 10.6. The van der Waals surface area contributed by atoms with Crippen molar-refractivity contribution < 1.29 is 17.9 Å². The third kappa shape index (κ3) is 7.15. The second-order valence-corrected chi connectivity index (χ2v) is 4.49. The monoisotopic (exact) mass is 269 g/mol. The lowest BCUT2D eigenvalue weighted by atomic mass is 10.4. The number of alkyl halides is 3. The van der Waals surface area contributed by atoms with Crippen LogP contribution in [0.3, 0.4) is 0 Å². The van der Waals surface area contributed by atoms with Gasteiger partial charge in [0.2, 0.25) is 0 Å². The molecule has 1 saturated heterocycles. The Balaban J connectivity index is 2.12. The lowest BCUT2D eigenvalue weighted by Gasteiger charge is -2.21. The molecule has 0 aromatic rings. The van der Waals surface area contributed by atoms with Gasteiger partial charge in [0, 0.05) is 32.7 Å². The van der Waals surface area contributed by atoms with Crippen molar-refractivity contribution in [3.63, 3.8) is 0 Å². The van der Waals surface area contributed by atoms with Crippen molar-refractivity contribution in [2.75, 3.05) is 59.0 Å². The van der Waals surface area contributed by atoms with E-state index in [0.717, 1.165) is 39.1 Å². The first-order valence-electron chi connectivity index (χ1n) is 6.30. The van der Waals surface area contributed by atoms with Crippen LogP contribution >= 0.6 is 0 Å². The fourth-order valence-corrected chi connectivity index (χ4v) is 2.04. The molecular formula is C11H22F3N3O. The van der Waals surface area contributed by atoms with Gasteiger partial charge in [0.05, 0.1) is 6.61 Å². The molecule has 0 saturated carbocycles. The van der Waals surface area contributed by atoms with Crippen LogP contribution in [0.15, 0.2) is 0 Å². The minimum Gasteiger partial charge on any atom is -0.371 e. The maximum Gasteiger partial charge on any atom is 0.411 e. The number of hydrogen-bond donors (Lipinski definition) is 1. The van der Waals surface area contributed by atoms with E-state index in [4.69, 9.17) is 5.73 Å². The molecule has 0 bridgehead atoms. The molecular weight excluding hydrogens is 247 g/mol. The Hall–Kier alpha value is -0.370. The summed E-state index contributed by atoms with van der Waals surface area (Å²) in [4.78, 5) is 4.43. The van der Waals surface area contributed by atoms with Gasteiger partial charge >= 0.3 is 6.18 Å². The summed E-state index contributed by atoms with van der Waals surface area (Å²) >= 11 is 0. The lowest BCUT2D eigenvalue weighted by Crippen LogP contribution is -2.35. The molecule has 0 radical (unpaired) electrons. The summed E-state index contributed by atoms with van der Waals surface area (Å²) in [6.07, 6.45) is -3.20. The standard InChI is InChI=1S/C11H22F3N3O/c12-11(13,14)10-18-9-8-17-4-1-3-16(5-2-15)6-7-17/h1-10,15H2. The van der Waals surface area contributed by atoms with Gasteiger partial charge in [0.15, 0.2) is 0 Å². The van der Waals surface area contributed by atoms with Crippen LogP contribution in [0.1, 0.15) is 6.42 Å². The molecule has 1 aliphatic heterocycles. The van der Waals surface area contributed by atoms with E-state index in [9.17, 15) is 13.2 Å². The van der Waals surface area contributed by atoms with E-state index in [1.807, 2.05) is 0 Å². The van der Waals surface area contributed by atoms with Crippen LogP contribution in [0.2, 0.25) is 0 Å². The Bertz CT molecular complexity index is 226. The van der Waals surface area contributed by atoms with Gasteiger partial charge in [-0.1, -0.05) is 0 Å². The number of rotatable bonds is 6. The molecule has 108 valence electrons. The number of halogens is 3. The minimum atomic E-state index is -4.23. The number of nitrogens with zero attached hydrogens (tertiary/aromatic N) is 2. The van der Waals surface area contributed by atoms with Gasteiger partial charge in [-0.15, -0.1) is 0 Å². The van der Waals surface area contributed by atoms with Gasteiger partial charge in [-0.3, -0.25) is 4.90 Å². The van der Waals surface area contributed by atoms with E-state index in [0.29, 0.717) is 13.1 Å². The Morgan fingerprint density at radius 1 is 1.00 bits per heavy atom. The highest BCUT2D eigenvalue weighted by atomic mass is 19.4. The van der Waals surface area contributed by atoms with Crippen molar-refractivity contribution in [2.45, 2.75) is 12.6 Å². The summed E-state index contributed by atoms with van der Waals surface area (Å²) in [5.74, 6) is 0. The van der Waals surface area contributed by atoms with E-state index < -0.39 is 12.8 Å². The number of nitrogens with two attached hydrogens (primary N) is 1. The second kappa shape index (κ2) is 7.93. The summed E-state index contributed by atoms with van der Waals surface area (Å²) in [6, 6.07) is 0. The summed E-state index contributed by atoms with van der Waals surface area (Å²) in [5, 5.41) is 0. The molecule has 0 atom stereocenters. The van der Waals surface area contributed by atoms with Crippen LogP contribution in [0.4, 0.5) is 13.2 Å². The Morgan fingerprint density at radius 2 is 1.61 bits per heavy atom. The number of hydrogen-bond acceptors (Lipinski definition) is 4. The number of ether oxygens (including phenoxy) is 1. The highest BCUT2D eigenvalue weighted by Gasteiger charge is 2.27. The highest BCUT2D eigenvalue weighted by molar-refractivity contribution is 4.69. The third-order valence-corrected chi connectivity index (χ3v) is 2.94. The van der Waals surface area contributed by atoms with E-state index >= 15 is 0 Å².